The minimum Gasteiger partial charge on any atom is -0.327 e. The lowest BCUT2D eigenvalue weighted by Crippen LogP contribution is -2.53. The minimum atomic E-state index is 0.429. The van der Waals surface area contributed by atoms with Gasteiger partial charge in [0.15, 0.2) is 0 Å². The zero-order valence-corrected chi connectivity index (χ0v) is 7.63. The van der Waals surface area contributed by atoms with Crippen LogP contribution in [0.25, 0.3) is 0 Å². The first-order valence-corrected chi connectivity index (χ1v) is 5.06. The smallest absolute Gasteiger partial charge is 0.0207 e. The highest BCUT2D eigenvalue weighted by Gasteiger charge is 2.22. The van der Waals surface area contributed by atoms with Crippen molar-refractivity contribution < 1.29 is 0 Å². The van der Waals surface area contributed by atoms with Gasteiger partial charge in [0.05, 0.1) is 0 Å². The first-order chi connectivity index (χ1) is 5.84. The van der Waals surface area contributed by atoms with Gasteiger partial charge in [-0.2, -0.15) is 0 Å². The van der Waals surface area contributed by atoms with Gasteiger partial charge in [0.2, 0.25) is 0 Å². The summed E-state index contributed by atoms with van der Waals surface area (Å²) < 4.78 is 0. The fourth-order valence-electron chi connectivity index (χ4n) is 2.07. The Morgan fingerprint density at radius 3 is 2.83 bits per heavy atom. The van der Waals surface area contributed by atoms with Gasteiger partial charge in [0.1, 0.15) is 0 Å². The summed E-state index contributed by atoms with van der Waals surface area (Å²) in [7, 11) is 0. The van der Waals surface area contributed by atoms with E-state index >= 15 is 0 Å². The third kappa shape index (κ3) is 1.97. The predicted molar refractivity (Wildman–Crippen MR) is 50.1 cm³/mol. The van der Waals surface area contributed by atoms with Crippen molar-refractivity contribution in [2.24, 2.45) is 5.73 Å². The molecule has 3 N–H and O–H groups in total. The molecule has 2 saturated heterocycles. The molecular formula is C9H19N3. The molecule has 0 aromatic carbocycles. The summed E-state index contributed by atoms with van der Waals surface area (Å²) >= 11 is 0. The molecule has 0 aromatic rings. The average molecular weight is 169 g/mol. The van der Waals surface area contributed by atoms with Gasteiger partial charge in [0, 0.05) is 25.2 Å². The molecule has 2 fully saturated rings. The highest BCUT2D eigenvalue weighted by atomic mass is 15.2. The van der Waals surface area contributed by atoms with E-state index in [4.69, 9.17) is 5.73 Å². The van der Waals surface area contributed by atoms with E-state index in [1.54, 1.807) is 0 Å². The van der Waals surface area contributed by atoms with Crippen molar-refractivity contribution in [2.45, 2.75) is 31.3 Å². The number of nitrogens with one attached hydrogen (secondary N) is 1. The number of hydrogen-bond acceptors (Lipinski definition) is 3. The second-order valence-electron chi connectivity index (χ2n) is 4.10. The largest absolute Gasteiger partial charge is 0.327 e. The normalized spacial score (nSPS) is 37.8. The van der Waals surface area contributed by atoms with Crippen molar-refractivity contribution in [3.8, 4) is 0 Å². The maximum atomic E-state index is 5.90. The van der Waals surface area contributed by atoms with Crippen molar-refractivity contribution in [1.29, 1.82) is 0 Å². The Morgan fingerprint density at radius 2 is 2.25 bits per heavy atom. The Hall–Kier alpha value is -0.120. The Morgan fingerprint density at radius 1 is 1.42 bits per heavy atom. The van der Waals surface area contributed by atoms with E-state index in [2.05, 4.69) is 10.2 Å². The summed E-state index contributed by atoms with van der Waals surface area (Å²) in [6.07, 6.45) is 3.86. The molecule has 2 aliphatic rings. The molecule has 2 rings (SSSR count). The van der Waals surface area contributed by atoms with Crippen LogP contribution in [0.1, 0.15) is 19.3 Å². The van der Waals surface area contributed by atoms with Gasteiger partial charge >= 0.3 is 0 Å². The molecule has 2 heterocycles. The predicted octanol–water partition coefficient (Wildman–Crippen LogP) is -0.229. The van der Waals surface area contributed by atoms with Gasteiger partial charge in [0.25, 0.3) is 0 Å². The summed E-state index contributed by atoms with van der Waals surface area (Å²) in [5, 5.41) is 3.43. The summed E-state index contributed by atoms with van der Waals surface area (Å²) in [5.74, 6) is 0. The van der Waals surface area contributed by atoms with Crippen LogP contribution in [-0.2, 0) is 0 Å². The molecule has 2 atom stereocenters. The van der Waals surface area contributed by atoms with Crippen LogP contribution in [0, 0.1) is 0 Å². The van der Waals surface area contributed by atoms with E-state index in [0.29, 0.717) is 6.04 Å². The second-order valence-corrected chi connectivity index (χ2v) is 4.10. The lowest BCUT2D eigenvalue weighted by atomic mass is 10.0. The summed E-state index contributed by atoms with van der Waals surface area (Å²) in [6, 6.07) is 1.19. The van der Waals surface area contributed by atoms with Crippen LogP contribution < -0.4 is 11.1 Å². The van der Waals surface area contributed by atoms with Gasteiger partial charge in [-0.1, -0.05) is 0 Å². The van der Waals surface area contributed by atoms with E-state index in [1.165, 1.54) is 38.9 Å². The molecule has 0 aromatic heterocycles. The zero-order valence-electron chi connectivity index (χ0n) is 7.63. The van der Waals surface area contributed by atoms with E-state index in [1.807, 2.05) is 0 Å². The number of rotatable bonds is 2. The molecule has 3 nitrogen and oxygen atoms in total. The Bertz CT molecular complexity index is 145. The standard InChI is InChI=1S/C9H19N3/c10-8-2-1-5-12(6-8)7-9-3-4-11-9/h8-9,11H,1-7,10H2/t8-,9?/m0/s1. The number of hydrogen-bond donors (Lipinski definition) is 2. The third-order valence-electron chi connectivity index (χ3n) is 2.95. The Balaban J connectivity index is 1.71. The molecular weight excluding hydrogens is 150 g/mol. The molecule has 3 heteroatoms. The van der Waals surface area contributed by atoms with Crippen LogP contribution in [0.15, 0.2) is 0 Å². The van der Waals surface area contributed by atoms with Gasteiger partial charge in [-0.05, 0) is 32.4 Å². The number of likely N-dealkylation sites (tertiary alicyclic amines) is 1. The van der Waals surface area contributed by atoms with Gasteiger partial charge in [-0.25, -0.2) is 0 Å². The van der Waals surface area contributed by atoms with Crippen LogP contribution in [-0.4, -0.2) is 43.2 Å². The first-order valence-electron chi connectivity index (χ1n) is 5.06. The van der Waals surface area contributed by atoms with Crippen molar-refractivity contribution in [1.82, 2.24) is 10.2 Å². The van der Waals surface area contributed by atoms with Crippen molar-refractivity contribution >= 4 is 0 Å². The molecule has 70 valence electrons. The second kappa shape index (κ2) is 3.73. The fraction of sp³-hybridized carbons (Fsp3) is 1.00. The number of nitrogens with two attached hydrogens (primary N) is 1. The fourth-order valence-corrected chi connectivity index (χ4v) is 2.07. The quantitative estimate of drug-likeness (QED) is 0.600. The first kappa shape index (κ1) is 8.48. The SMILES string of the molecule is N[C@H]1CCCN(CC2CCN2)C1. The maximum absolute atomic E-state index is 5.90. The van der Waals surface area contributed by atoms with Crippen molar-refractivity contribution in [2.75, 3.05) is 26.2 Å². The van der Waals surface area contributed by atoms with Gasteiger partial charge in [-0.15, -0.1) is 0 Å². The lowest BCUT2D eigenvalue weighted by Gasteiger charge is -2.37. The summed E-state index contributed by atoms with van der Waals surface area (Å²) in [5.41, 5.74) is 5.90. The summed E-state index contributed by atoms with van der Waals surface area (Å²) in [4.78, 5) is 2.50. The van der Waals surface area contributed by atoms with Crippen molar-refractivity contribution in [3.63, 3.8) is 0 Å². The topological polar surface area (TPSA) is 41.3 Å². The molecule has 12 heavy (non-hydrogen) atoms. The monoisotopic (exact) mass is 169 g/mol. The van der Waals surface area contributed by atoms with Crippen LogP contribution >= 0.6 is 0 Å². The van der Waals surface area contributed by atoms with Crippen LogP contribution in [0.2, 0.25) is 0 Å². The molecule has 0 amide bonds. The molecule has 0 radical (unpaired) electrons. The molecule has 0 aliphatic carbocycles. The molecule has 0 bridgehead atoms. The maximum Gasteiger partial charge on any atom is 0.0207 e. The molecule has 1 unspecified atom stereocenters. The Kier molecular flexibility index (Phi) is 2.63. The van der Waals surface area contributed by atoms with E-state index in [9.17, 15) is 0 Å². The number of piperidine rings is 1. The van der Waals surface area contributed by atoms with E-state index in [0.717, 1.165) is 12.6 Å². The number of nitrogens with zero attached hydrogens (tertiary/aromatic N) is 1. The van der Waals surface area contributed by atoms with Crippen molar-refractivity contribution in [3.05, 3.63) is 0 Å². The Labute approximate surface area is 74.3 Å². The van der Waals surface area contributed by atoms with Crippen LogP contribution in [0.5, 0.6) is 0 Å². The highest BCUT2D eigenvalue weighted by Crippen LogP contribution is 2.11. The van der Waals surface area contributed by atoms with Gasteiger partial charge < -0.3 is 16.0 Å². The molecule has 2 aliphatic heterocycles. The van der Waals surface area contributed by atoms with Crippen LogP contribution in [0.4, 0.5) is 0 Å². The molecule has 0 saturated carbocycles. The third-order valence-corrected chi connectivity index (χ3v) is 2.95. The van der Waals surface area contributed by atoms with Gasteiger partial charge in [-0.3, -0.25) is 0 Å². The lowest BCUT2D eigenvalue weighted by molar-refractivity contribution is 0.167. The summed E-state index contributed by atoms with van der Waals surface area (Å²) in [6.45, 7) is 4.79. The highest BCUT2D eigenvalue weighted by molar-refractivity contribution is 4.84. The average Bonchev–Trinajstić information content (AvgIpc) is 1.97. The van der Waals surface area contributed by atoms with E-state index < -0.39 is 0 Å². The molecule has 0 spiro atoms. The van der Waals surface area contributed by atoms with E-state index in [-0.39, 0.29) is 0 Å². The van der Waals surface area contributed by atoms with Crippen LogP contribution in [0.3, 0.4) is 0 Å². The zero-order chi connectivity index (χ0) is 8.39. The minimum absolute atomic E-state index is 0.429.